The number of imidazole rings is 1. The molecule has 0 saturated carbocycles. The van der Waals surface area contributed by atoms with Crippen molar-refractivity contribution in [1.29, 1.82) is 0 Å². The van der Waals surface area contributed by atoms with Crippen molar-refractivity contribution in [2.24, 2.45) is 0 Å². The number of hydrogen-bond donors (Lipinski definition) is 4. The van der Waals surface area contributed by atoms with Crippen molar-refractivity contribution in [2.75, 3.05) is 6.61 Å². The van der Waals surface area contributed by atoms with Gasteiger partial charge in [-0.25, -0.2) is 23.3 Å². The predicted octanol–water partition coefficient (Wildman–Crippen LogP) is -0.179. The number of aromatic amines is 1. The molecule has 0 radical (unpaired) electrons. The van der Waals surface area contributed by atoms with Gasteiger partial charge in [0.15, 0.2) is 29.2 Å². The number of aryl methyl sites for hydroxylation is 1. The molecule has 0 bridgehead atoms. The third-order valence-electron chi connectivity index (χ3n) is 3.97. The summed E-state index contributed by atoms with van der Waals surface area (Å²) in [6.07, 6.45) is -3.30. The number of phosphoric acid groups is 1. The Morgan fingerprint density at radius 2 is 2.15 bits per heavy atom. The molecule has 11 nitrogen and oxygen atoms in total. The Bertz CT molecular complexity index is 957. The molecule has 0 unspecified atom stereocenters. The van der Waals surface area contributed by atoms with Crippen LogP contribution >= 0.6 is 7.82 Å². The van der Waals surface area contributed by atoms with E-state index in [2.05, 4.69) is 19.5 Å². The maximum Gasteiger partial charge on any atom is 0.469 e. The molecule has 14 heteroatoms. The van der Waals surface area contributed by atoms with E-state index in [1.54, 1.807) is 0 Å². The fraction of sp³-hybridized carbons (Fsp3) is 0.583. The van der Waals surface area contributed by atoms with Gasteiger partial charge in [-0.1, -0.05) is 0 Å². The van der Waals surface area contributed by atoms with Crippen molar-refractivity contribution >= 4 is 19.0 Å². The van der Waals surface area contributed by atoms with Crippen molar-refractivity contribution in [3.8, 4) is 0 Å². The third-order valence-corrected chi connectivity index (χ3v) is 4.43. The number of rotatable bonds is 4. The normalized spacial score (nSPS) is 32.4. The quantitative estimate of drug-likeness (QED) is 0.514. The zero-order valence-corrected chi connectivity index (χ0v) is 14.4. The second-order valence-electron chi connectivity index (χ2n) is 6.05. The summed E-state index contributed by atoms with van der Waals surface area (Å²) in [6, 6.07) is 0. The first-order valence-corrected chi connectivity index (χ1v) is 8.75. The molecule has 4 atom stereocenters. The number of alkyl halides is 2. The average molecular weight is 396 g/mol. The van der Waals surface area contributed by atoms with Crippen LogP contribution in [-0.4, -0.2) is 58.6 Å². The van der Waals surface area contributed by atoms with Crippen LogP contribution in [0.5, 0.6) is 0 Å². The van der Waals surface area contributed by atoms with Gasteiger partial charge in [0.25, 0.3) is 11.4 Å². The summed E-state index contributed by atoms with van der Waals surface area (Å²) in [6.45, 7) is 0.867. The molecule has 0 aliphatic carbocycles. The summed E-state index contributed by atoms with van der Waals surface area (Å²) in [5, 5.41) is 9.99. The van der Waals surface area contributed by atoms with Crippen LogP contribution in [0.1, 0.15) is 19.0 Å². The molecule has 1 aliphatic heterocycles. The monoisotopic (exact) mass is 396 g/mol. The Balaban J connectivity index is 2.03. The number of phosphoric ester groups is 1. The molecule has 2 aromatic heterocycles. The number of aliphatic hydroxyl groups is 1. The summed E-state index contributed by atoms with van der Waals surface area (Å²) < 4.78 is 50.5. The van der Waals surface area contributed by atoms with E-state index < -0.39 is 43.8 Å². The zero-order valence-electron chi connectivity index (χ0n) is 13.5. The smallest absolute Gasteiger partial charge is 0.384 e. The van der Waals surface area contributed by atoms with Gasteiger partial charge in [-0.05, 0) is 13.8 Å². The molecule has 3 heterocycles. The van der Waals surface area contributed by atoms with E-state index in [1.807, 2.05) is 0 Å². The molecular formula is C12H15F2N4O7P. The number of fused-ring (bicyclic) bond motifs is 1. The summed E-state index contributed by atoms with van der Waals surface area (Å²) in [7, 11) is -5.09. The van der Waals surface area contributed by atoms with Crippen LogP contribution in [0.25, 0.3) is 11.2 Å². The predicted molar refractivity (Wildman–Crippen MR) is 80.4 cm³/mol. The first-order valence-electron chi connectivity index (χ1n) is 7.22. The standard InChI is InChI=1S/C12H15F2N4O7P/c1-5-16-7-6(8(19)17-5)15-4-18(7)10-11(2,13)9(20)12(14,25-10)3-24-26(21,22)23/h4,9-10,20H,3H2,1-2H3,(H,16,17,19)(H2,21,22,23)/t9-,10+,11+,12+/m0/s1. The van der Waals surface area contributed by atoms with Crippen LogP contribution in [0.15, 0.2) is 11.1 Å². The molecular weight excluding hydrogens is 381 g/mol. The Labute approximate surface area is 143 Å². The van der Waals surface area contributed by atoms with E-state index in [9.17, 15) is 18.9 Å². The molecule has 26 heavy (non-hydrogen) atoms. The SMILES string of the molecule is Cc1nc2c(ncn2[C@@H]2O[C@](F)(COP(=O)(O)O)[C@@H](O)[C@@]2(C)F)c(=O)[nH]1. The fourth-order valence-corrected chi connectivity index (χ4v) is 3.09. The Hall–Kier alpha value is -1.76. The maximum atomic E-state index is 15.0. The molecule has 1 fully saturated rings. The number of ether oxygens (including phenoxy) is 1. The van der Waals surface area contributed by atoms with Gasteiger partial charge in [-0.15, -0.1) is 0 Å². The van der Waals surface area contributed by atoms with Crippen molar-refractivity contribution in [3.05, 3.63) is 22.5 Å². The largest absolute Gasteiger partial charge is 0.469 e. The number of H-pyrrole nitrogens is 1. The lowest BCUT2D eigenvalue weighted by Crippen LogP contribution is -2.46. The number of nitrogens with zero attached hydrogens (tertiary/aromatic N) is 3. The first kappa shape index (κ1) is 19.0. The Morgan fingerprint density at radius 1 is 1.50 bits per heavy atom. The van der Waals surface area contributed by atoms with Gasteiger partial charge in [0, 0.05) is 0 Å². The molecule has 1 aliphatic rings. The number of hydrogen-bond acceptors (Lipinski definition) is 7. The van der Waals surface area contributed by atoms with E-state index >= 15 is 4.39 Å². The molecule has 4 N–H and O–H groups in total. The van der Waals surface area contributed by atoms with Crippen LogP contribution < -0.4 is 5.56 Å². The van der Waals surface area contributed by atoms with Gasteiger partial charge < -0.3 is 24.6 Å². The van der Waals surface area contributed by atoms with Crippen LogP contribution in [0.4, 0.5) is 8.78 Å². The molecule has 144 valence electrons. The highest BCUT2D eigenvalue weighted by molar-refractivity contribution is 7.46. The summed E-state index contributed by atoms with van der Waals surface area (Å²) in [4.78, 5) is 39.4. The minimum atomic E-state index is -5.09. The number of halogens is 2. The molecule has 1 saturated heterocycles. The highest BCUT2D eigenvalue weighted by atomic mass is 31.2. The van der Waals surface area contributed by atoms with Crippen LogP contribution in [-0.2, 0) is 13.8 Å². The lowest BCUT2D eigenvalue weighted by molar-refractivity contribution is -0.204. The van der Waals surface area contributed by atoms with E-state index in [1.165, 1.54) is 6.92 Å². The van der Waals surface area contributed by atoms with E-state index in [-0.39, 0.29) is 17.0 Å². The molecule has 2 aromatic rings. The topological polar surface area (TPSA) is 160 Å². The summed E-state index contributed by atoms with van der Waals surface area (Å²) in [5.41, 5.74) is -3.65. The van der Waals surface area contributed by atoms with Gasteiger partial charge in [-0.2, -0.15) is 0 Å². The minimum Gasteiger partial charge on any atom is -0.384 e. The molecule has 3 rings (SSSR count). The maximum absolute atomic E-state index is 15.0. The van der Waals surface area contributed by atoms with Crippen molar-refractivity contribution in [2.45, 2.75) is 37.7 Å². The van der Waals surface area contributed by atoms with Crippen LogP contribution in [0.3, 0.4) is 0 Å². The number of aliphatic hydroxyl groups excluding tert-OH is 1. The average Bonchev–Trinajstić information content (AvgIpc) is 2.99. The Kier molecular flexibility index (Phi) is 4.30. The Morgan fingerprint density at radius 3 is 2.77 bits per heavy atom. The highest BCUT2D eigenvalue weighted by Gasteiger charge is 2.65. The summed E-state index contributed by atoms with van der Waals surface area (Å²) in [5.74, 6) is -3.08. The van der Waals surface area contributed by atoms with Crippen LogP contribution in [0, 0.1) is 6.92 Å². The lowest BCUT2D eigenvalue weighted by Gasteiger charge is -2.25. The first-order chi connectivity index (χ1) is 11.8. The van der Waals surface area contributed by atoms with Gasteiger partial charge in [0.05, 0.1) is 6.33 Å². The fourth-order valence-electron chi connectivity index (χ4n) is 2.74. The molecule has 0 amide bonds. The van der Waals surface area contributed by atoms with Crippen molar-refractivity contribution in [3.63, 3.8) is 0 Å². The second-order valence-corrected chi connectivity index (χ2v) is 7.29. The van der Waals surface area contributed by atoms with E-state index in [4.69, 9.17) is 14.5 Å². The zero-order chi connectivity index (χ0) is 19.5. The third kappa shape index (κ3) is 3.06. The van der Waals surface area contributed by atoms with Crippen molar-refractivity contribution in [1.82, 2.24) is 19.5 Å². The van der Waals surface area contributed by atoms with E-state index in [0.29, 0.717) is 0 Å². The number of aromatic nitrogens is 4. The molecule has 0 aromatic carbocycles. The number of nitrogens with one attached hydrogen (secondary N) is 1. The van der Waals surface area contributed by atoms with E-state index in [0.717, 1.165) is 17.8 Å². The minimum absolute atomic E-state index is 0.118. The second kappa shape index (κ2) is 5.87. The van der Waals surface area contributed by atoms with Gasteiger partial charge in [-0.3, -0.25) is 13.9 Å². The lowest BCUT2D eigenvalue weighted by atomic mass is 9.97. The summed E-state index contributed by atoms with van der Waals surface area (Å²) >= 11 is 0. The highest BCUT2D eigenvalue weighted by Crippen LogP contribution is 2.50. The van der Waals surface area contributed by atoms with Gasteiger partial charge in [0.2, 0.25) is 0 Å². The van der Waals surface area contributed by atoms with Crippen molar-refractivity contribution < 1.29 is 37.5 Å². The van der Waals surface area contributed by atoms with Gasteiger partial charge >= 0.3 is 7.82 Å². The van der Waals surface area contributed by atoms with Crippen LogP contribution in [0.2, 0.25) is 0 Å². The van der Waals surface area contributed by atoms with Gasteiger partial charge in [0.1, 0.15) is 12.4 Å². The molecule has 0 spiro atoms.